The van der Waals surface area contributed by atoms with E-state index in [1.54, 1.807) is 0 Å². The molecule has 4 nitrogen and oxygen atoms in total. The molecule has 2 aromatic carbocycles. The first-order valence-electron chi connectivity index (χ1n) is 5.82. The van der Waals surface area contributed by atoms with Gasteiger partial charge in [-0.3, -0.25) is 0 Å². The molecule has 0 atom stereocenters. The summed E-state index contributed by atoms with van der Waals surface area (Å²) in [4.78, 5) is 4.05. The number of benzene rings is 2. The lowest BCUT2D eigenvalue weighted by Crippen LogP contribution is -1.86. The number of hydrogen-bond acceptors (Lipinski definition) is 4. The number of halogens is 3. The van der Waals surface area contributed by atoms with Crippen molar-refractivity contribution in [2.24, 2.45) is 0 Å². The third kappa shape index (κ3) is 2.64. The zero-order valence-electron chi connectivity index (χ0n) is 10.3. The van der Waals surface area contributed by atoms with E-state index in [0.29, 0.717) is 10.0 Å². The maximum Gasteiger partial charge on any atom is 0.261 e. The Balaban J connectivity index is 2.06. The quantitative estimate of drug-likeness (QED) is 0.752. The van der Waals surface area contributed by atoms with Crippen LogP contribution >= 0.6 is 15.9 Å². The summed E-state index contributed by atoms with van der Waals surface area (Å²) in [6, 6.07) is 7.61. The van der Waals surface area contributed by atoms with Gasteiger partial charge in [-0.25, -0.2) is 8.78 Å². The minimum absolute atomic E-state index is 0.0547. The first-order valence-corrected chi connectivity index (χ1v) is 6.62. The highest BCUT2D eigenvalue weighted by molar-refractivity contribution is 9.10. The Morgan fingerprint density at radius 3 is 2.62 bits per heavy atom. The second kappa shape index (κ2) is 5.25. The fourth-order valence-electron chi connectivity index (χ4n) is 1.79. The molecule has 7 heteroatoms. The minimum atomic E-state index is -0.691. The topological polar surface area (TPSA) is 59.2 Å². The fraction of sp³-hybridized carbons (Fsp3) is 0. The lowest BCUT2D eigenvalue weighted by Gasteiger charge is -1.99. The van der Waals surface area contributed by atoms with Crippen molar-refractivity contribution in [3.05, 3.63) is 52.5 Å². The van der Waals surface area contributed by atoms with Gasteiger partial charge in [-0.2, -0.15) is 4.98 Å². The standard InChI is InChI=1S/C14H7BrF2N2O2/c15-11-4-1-7(16)5-10(11)13-18-14(21-19-13)9-3-2-8(20)6-12(9)17/h1-6,20H. The summed E-state index contributed by atoms with van der Waals surface area (Å²) in [7, 11) is 0. The van der Waals surface area contributed by atoms with Gasteiger partial charge in [0.25, 0.3) is 5.89 Å². The van der Waals surface area contributed by atoms with Gasteiger partial charge in [-0.15, -0.1) is 0 Å². The number of phenolic OH excluding ortho intramolecular Hbond substituents is 1. The first-order chi connectivity index (χ1) is 10.0. The number of phenols is 1. The molecule has 0 fully saturated rings. The maximum absolute atomic E-state index is 13.7. The second-order valence-corrected chi connectivity index (χ2v) is 5.07. The zero-order chi connectivity index (χ0) is 15.0. The monoisotopic (exact) mass is 352 g/mol. The summed E-state index contributed by atoms with van der Waals surface area (Å²) in [6.45, 7) is 0. The molecule has 0 radical (unpaired) electrons. The molecular formula is C14H7BrF2N2O2. The molecule has 0 aliphatic heterocycles. The highest BCUT2D eigenvalue weighted by Crippen LogP contribution is 2.30. The molecule has 0 amide bonds. The third-order valence-electron chi connectivity index (χ3n) is 2.78. The van der Waals surface area contributed by atoms with Gasteiger partial charge in [0.2, 0.25) is 5.82 Å². The summed E-state index contributed by atoms with van der Waals surface area (Å²) in [5.74, 6) is -1.27. The van der Waals surface area contributed by atoms with Crippen LogP contribution < -0.4 is 0 Å². The number of hydrogen-bond donors (Lipinski definition) is 1. The van der Waals surface area contributed by atoms with Crippen molar-refractivity contribution in [2.45, 2.75) is 0 Å². The molecule has 0 unspecified atom stereocenters. The summed E-state index contributed by atoms with van der Waals surface area (Å²) >= 11 is 3.26. The van der Waals surface area contributed by atoms with Crippen molar-refractivity contribution in [3.8, 4) is 28.6 Å². The third-order valence-corrected chi connectivity index (χ3v) is 3.47. The number of aromatic nitrogens is 2. The van der Waals surface area contributed by atoms with Crippen molar-refractivity contribution < 1.29 is 18.4 Å². The predicted octanol–water partition coefficient (Wildman–Crippen LogP) is 4.15. The largest absolute Gasteiger partial charge is 0.508 e. The van der Waals surface area contributed by atoms with E-state index in [1.807, 2.05) is 0 Å². The van der Waals surface area contributed by atoms with Crippen molar-refractivity contribution in [1.29, 1.82) is 0 Å². The zero-order valence-corrected chi connectivity index (χ0v) is 11.9. The van der Waals surface area contributed by atoms with Crippen LogP contribution in [0.25, 0.3) is 22.8 Å². The Bertz CT molecular complexity index is 820. The smallest absolute Gasteiger partial charge is 0.261 e. The van der Waals surface area contributed by atoms with Gasteiger partial charge in [0.15, 0.2) is 0 Å². The fourth-order valence-corrected chi connectivity index (χ4v) is 2.21. The van der Waals surface area contributed by atoms with E-state index in [1.165, 1.54) is 30.3 Å². The Morgan fingerprint density at radius 1 is 1.05 bits per heavy atom. The van der Waals surface area contributed by atoms with Crippen molar-refractivity contribution in [3.63, 3.8) is 0 Å². The van der Waals surface area contributed by atoms with E-state index in [9.17, 15) is 13.9 Å². The SMILES string of the molecule is Oc1ccc(-c2nc(-c3cc(F)ccc3Br)no2)c(F)c1. The lowest BCUT2D eigenvalue weighted by atomic mass is 10.2. The summed E-state index contributed by atoms with van der Waals surface area (Å²) in [6.07, 6.45) is 0. The highest BCUT2D eigenvalue weighted by Gasteiger charge is 2.16. The average molecular weight is 353 g/mol. The van der Waals surface area contributed by atoms with Crippen LogP contribution in [0.15, 0.2) is 45.4 Å². The first kappa shape index (κ1) is 13.7. The van der Waals surface area contributed by atoms with E-state index in [2.05, 4.69) is 26.1 Å². The molecule has 1 heterocycles. The molecule has 0 saturated carbocycles. The van der Waals surface area contributed by atoms with Crippen LogP contribution in [-0.2, 0) is 0 Å². The van der Waals surface area contributed by atoms with Crippen molar-refractivity contribution >= 4 is 15.9 Å². The Labute approximate surface area is 126 Å². The van der Waals surface area contributed by atoms with Crippen molar-refractivity contribution in [2.75, 3.05) is 0 Å². The van der Waals surface area contributed by atoms with Gasteiger partial charge in [0.1, 0.15) is 17.4 Å². The molecule has 3 rings (SSSR count). The van der Waals surface area contributed by atoms with Crippen LogP contribution in [0.2, 0.25) is 0 Å². The van der Waals surface area contributed by atoms with Gasteiger partial charge in [-0.1, -0.05) is 21.1 Å². The van der Waals surface area contributed by atoms with Gasteiger partial charge in [0.05, 0.1) is 5.56 Å². The number of rotatable bonds is 2. The van der Waals surface area contributed by atoms with E-state index < -0.39 is 11.6 Å². The Kier molecular flexibility index (Phi) is 3.42. The Morgan fingerprint density at radius 2 is 1.86 bits per heavy atom. The van der Waals surface area contributed by atoms with Gasteiger partial charge >= 0.3 is 0 Å². The van der Waals surface area contributed by atoms with Crippen LogP contribution in [0.1, 0.15) is 0 Å². The van der Waals surface area contributed by atoms with Crippen molar-refractivity contribution in [1.82, 2.24) is 10.1 Å². The predicted molar refractivity (Wildman–Crippen MR) is 74.5 cm³/mol. The van der Waals surface area contributed by atoms with Crippen LogP contribution in [0.3, 0.4) is 0 Å². The highest BCUT2D eigenvalue weighted by atomic mass is 79.9. The molecule has 0 aliphatic carbocycles. The summed E-state index contributed by atoms with van der Waals surface area (Å²) in [5.41, 5.74) is 0.447. The number of nitrogens with zero attached hydrogens (tertiary/aromatic N) is 2. The molecule has 21 heavy (non-hydrogen) atoms. The molecular weight excluding hydrogens is 346 g/mol. The second-order valence-electron chi connectivity index (χ2n) is 4.21. The van der Waals surface area contributed by atoms with Crippen LogP contribution in [-0.4, -0.2) is 15.2 Å². The molecule has 0 saturated heterocycles. The molecule has 3 aromatic rings. The van der Waals surface area contributed by atoms with Gasteiger partial charge in [-0.05, 0) is 30.3 Å². The number of aromatic hydroxyl groups is 1. The van der Waals surface area contributed by atoms with Crippen LogP contribution in [0.4, 0.5) is 8.78 Å². The maximum atomic E-state index is 13.7. The Hall–Kier alpha value is -2.28. The van der Waals surface area contributed by atoms with Crippen LogP contribution in [0, 0.1) is 11.6 Å². The van der Waals surface area contributed by atoms with Crippen LogP contribution in [0.5, 0.6) is 5.75 Å². The van der Waals surface area contributed by atoms with Gasteiger partial charge in [0, 0.05) is 16.1 Å². The van der Waals surface area contributed by atoms with E-state index in [4.69, 9.17) is 4.52 Å². The van der Waals surface area contributed by atoms with Gasteiger partial charge < -0.3 is 9.63 Å². The summed E-state index contributed by atoms with van der Waals surface area (Å²) in [5, 5.41) is 12.9. The van der Waals surface area contributed by atoms with E-state index in [0.717, 1.165) is 6.07 Å². The molecule has 1 N–H and O–H groups in total. The minimum Gasteiger partial charge on any atom is -0.508 e. The average Bonchev–Trinajstić information content (AvgIpc) is 2.91. The molecule has 0 aliphatic rings. The van der Waals surface area contributed by atoms with E-state index >= 15 is 0 Å². The molecule has 0 spiro atoms. The lowest BCUT2D eigenvalue weighted by molar-refractivity contribution is 0.428. The summed E-state index contributed by atoms with van der Waals surface area (Å²) < 4.78 is 32.6. The molecule has 0 bridgehead atoms. The van der Waals surface area contributed by atoms with E-state index in [-0.39, 0.29) is 23.0 Å². The normalized spacial score (nSPS) is 10.8. The molecule has 106 valence electrons. The molecule has 1 aromatic heterocycles.